The molecule has 0 aliphatic carbocycles. The van der Waals surface area contributed by atoms with Gasteiger partial charge in [0.2, 0.25) is 5.88 Å². The van der Waals surface area contributed by atoms with Gasteiger partial charge in [0.05, 0.1) is 5.69 Å². The molecule has 0 fully saturated rings. The highest BCUT2D eigenvalue weighted by Gasteiger charge is 2.14. The highest BCUT2D eigenvalue weighted by atomic mass is 19.1. The summed E-state index contributed by atoms with van der Waals surface area (Å²) in [7, 11) is 0. The molecule has 6 heteroatoms. The number of nitrogens with zero attached hydrogens (tertiary/aromatic N) is 2. The average Bonchev–Trinajstić information content (AvgIpc) is 2.41. The Morgan fingerprint density at radius 2 is 2.05 bits per heavy atom. The fourth-order valence-corrected chi connectivity index (χ4v) is 1.60. The van der Waals surface area contributed by atoms with Crippen molar-refractivity contribution in [3.8, 4) is 11.6 Å². The number of benzene rings is 1. The lowest BCUT2D eigenvalue weighted by Gasteiger charge is -2.09. The Labute approximate surface area is 115 Å². The van der Waals surface area contributed by atoms with Crippen molar-refractivity contribution < 1.29 is 19.0 Å². The average molecular weight is 276 g/mol. The maximum atomic E-state index is 13.1. The third-order valence-electron chi connectivity index (χ3n) is 2.64. The van der Waals surface area contributed by atoms with Gasteiger partial charge in [-0.05, 0) is 24.1 Å². The molecule has 1 aromatic heterocycles. The Balaban J connectivity index is 2.35. The van der Waals surface area contributed by atoms with Crippen molar-refractivity contribution in [3.05, 3.63) is 47.7 Å². The van der Waals surface area contributed by atoms with Crippen molar-refractivity contribution in [1.82, 2.24) is 9.97 Å². The molecule has 0 spiro atoms. The summed E-state index contributed by atoms with van der Waals surface area (Å²) in [4.78, 5) is 19.1. The third kappa shape index (κ3) is 3.09. The zero-order valence-corrected chi connectivity index (χ0v) is 11.0. The SMILES string of the molecule is CC(C)c1cc(Oc2ccc(F)cc2C(=O)O)ncn1. The fourth-order valence-electron chi connectivity index (χ4n) is 1.60. The maximum Gasteiger partial charge on any atom is 0.339 e. The first-order valence-electron chi connectivity index (χ1n) is 6.00. The summed E-state index contributed by atoms with van der Waals surface area (Å²) in [6.45, 7) is 3.93. The summed E-state index contributed by atoms with van der Waals surface area (Å²) in [5, 5.41) is 9.03. The highest BCUT2D eigenvalue weighted by Crippen LogP contribution is 2.26. The van der Waals surface area contributed by atoms with E-state index in [1.54, 1.807) is 6.07 Å². The second-order valence-electron chi connectivity index (χ2n) is 4.48. The number of aromatic carboxylic acids is 1. The zero-order chi connectivity index (χ0) is 14.7. The van der Waals surface area contributed by atoms with E-state index in [0.717, 1.165) is 17.8 Å². The van der Waals surface area contributed by atoms with E-state index in [1.165, 1.54) is 12.4 Å². The Morgan fingerprint density at radius 1 is 1.30 bits per heavy atom. The van der Waals surface area contributed by atoms with Gasteiger partial charge < -0.3 is 9.84 Å². The minimum atomic E-state index is -1.27. The number of rotatable bonds is 4. The van der Waals surface area contributed by atoms with Crippen LogP contribution in [0.25, 0.3) is 0 Å². The standard InChI is InChI=1S/C14H13FN2O3/c1-8(2)11-6-13(17-7-16-11)20-12-4-3-9(15)5-10(12)14(18)19/h3-8H,1-2H3,(H,18,19). The van der Waals surface area contributed by atoms with Gasteiger partial charge in [0.1, 0.15) is 23.5 Å². The van der Waals surface area contributed by atoms with Crippen LogP contribution in [0.2, 0.25) is 0 Å². The normalized spacial score (nSPS) is 10.6. The van der Waals surface area contributed by atoms with Gasteiger partial charge in [-0.3, -0.25) is 0 Å². The first kappa shape index (κ1) is 13.9. The molecule has 0 aliphatic heterocycles. The summed E-state index contributed by atoms with van der Waals surface area (Å²) in [5.41, 5.74) is 0.517. The van der Waals surface area contributed by atoms with Gasteiger partial charge in [0.15, 0.2) is 0 Å². The molecule has 0 saturated heterocycles. The molecule has 104 valence electrons. The summed E-state index contributed by atoms with van der Waals surface area (Å²) in [6, 6.07) is 4.92. The molecule has 1 aromatic carbocycles. The number of carboxylic acid groups (broad SMARTS) is 1. The monoisotopic (exact) mass is 276 g/mol. The molecule has 20 heavy (non-hydrogen) atoms. The lowest BCUT2D eigenvalue weighted by molar-refractivity contribution is 0.0693. The molecule has 0 bridgehead atoms. The summed E-state index contributed by atoms with van der Waals surface area (Å²) in [5.74, 6) is -1.46. The van der Waals surface area contributed by atoms with Gasteiger partial charge in [0.25, 0.3) is 0 Å². The van der Waals surface area contributed by atoms with Crippen LogP contribution < -0.4 is 4.74 Å². The lowest BCUT2D eigenvalue weighted by atomic mass is 10.1. The first-order chi connectivity index (χ1) is 9.47. The van der Waals surface area contributed by atoms with Crippen molar-refractivity contribution in [2.75, 3.05) is 0 Å². The van der Waals surface area contributed by atoms with E-state index < -0.39 is 11.8 Å². The molecule has 0 saturated carbocycles. The van der Waals surface area contributed by atoms with Crippen LogP contribution in [0.1, 0.15) is 35.8 Å². The number of ether oxygens (including phenoxy) is 1. The van der Waals surface area contributed by atoms with E-state index in [2.05, 4.69) is 9.97 Å². The van der Waals surface area contributed by atoms with Crippen LogP contribution in [0.15, 0.2) is 30.6 Å². The number of halogens is 1. The largest absolute Gasteiger partial charge is 0.478 e. The Morgan fingerprint density at radius 3 is 2.70 bits per heavy atom. The zero-order valence-electron chi connectivity index (χ0n) is 11.0. The molecular weight excluding hydrogens is 263 g/mol. The predicted octanol–water partition coefficient (Wildman–Crippen LogP) is 3.23. The Hall–Kier alpha value is -2.50. The van der Waals surface area contributed by atoms with E-state index in [4.69, 9.17) is 9.84 Å². The van der Waals surface area contributed by atoms with Crippen molar-refractivity contribution in [3.63, 3.8) is 0 Å². The van der Waals surface area contributed by atoms with Crippen LogP contribution in [0, 0.1) is 5.82 Å². The lowest BCUT2D eigenvalue weighted by Crippen LogP contribution is -2.02. The molecule has 1 N–H and O–H groups in total. The van der Waals surface area contributed by atoms with Gasteiger partial charge in [-0.2, -0.15) is 0 Å². The molecule has 1 heterocycles. The highest BCUT2D eigenvalue weighted by molar-refractivity contribution is 5.90. The van der Waals surface area contributed by atoms with Gasteiger partial charge in [-0.25, -0.2) is 19.2 Å². The van der Waals surface area contributed by atoms with Crippen LogP contribution in [-0.2, 0) is 0 Å². The van der Waals surface area contributed by atoms with E-state index in [9.17, 15) is 9.18 Å². The van der Waals surface area contributed by atoms with Crippen molar-refractivity contribution in [2.45, 2.75) is 19.8 Å². The quantitative estimate of drug-likeness (QED) is 0.928. The molecule has 2 aromatic rings. The minimum Gasteiger partial charge on any atom is -0.478 e. The molecule has 5 nitrogen and oxygen atoms in total. The van der Waals surface area contributed by atoms with Gasteiger partial charge in [0, 0.05) is 6.07 Å². The van der Waals surface area contributed by atoms with Gasteiger partial charge in [-0.15, -0.1) is 0 Å². The smallest absolute Gasteiger partial charge is 0.339 e. The number of hydrogen-bond acceptors (Lipinski definition) is 4. The van der Waals surface area contributed by atoms with E-state index in [-0.39, 0.29) is 23.1 Å². The molecule has 0 aliphatic rings. The number of hydrogen-bond donors (Lipinski definition) is 1. The number of aromatic nitrogens is 2. The van der Waals surface area contributed by atoms with Gasteiger partial charge in [-0.1, -0.05) is 13.8 Å². The fraction of sp³-hybridized carbons (Fsp3) is 0.214. The van der Waals surface area contributed by atoms with Gasteiger partial charge >= 0.3 is 5.97 Å². The van der Waals surface area contributed by atoms with Crippen LogP contribution in [0.4, 0.5) is 4.39 Å². The molecule has 0 radical (unpaired) electrons. The predicted molar refractivity (Wildman–Crippen MR) is 69.6 cm³/mol. The first-order valence-corrected chi connectivity index (χ1v) is 6.00. The van der Waals surface area contributed by atoms with Crippen LogP contribution >= 0.6 is 0 Å². The second-order valence-corrected chi connectivity index (χ2v) is 4.48. The molecule has 0 unspecified atom stereocenters. The van der Waals surface area contributed by atoms with Crippen molar-refractivity contribution in [1.29, 1.82) is 0 Å². The summed E-state index contributed by atoms with van der Waals surface area (Å²) < 4.78 is 18.5. The molecule has 0 amide bonds. The van der Waals surface area contributed by atoms with Crippen LogP contribution in [0.3, 0.4) is 0 Å². The Bertz CT molecular complexity index is 644. The van der Waals surface area contributed by atoms with E-state index >= 15 is 0 Å². The Kier molecular flexibility index (Phi) is 3.93. The van der Waals surface area contributed by atoms with Crippen molar-refractivity contribution in [2.24, 2.45) is 0 Å². The summed E-state index contributed by atoms with van der Waals surface area (Å²) in [6.07, 6.45) is 1.34. The molecule has 2 rings (SSSR count). The van der Waals surface area contributed by atoms with Crippen LogP contribution in [0.5, 0.6) is 11.6 Å². The maximum absolute atomic E-state index is 13.1. The topological polar surface area (TPSA) is 72.3 Å². The number of carbonyl (C=O) groups is 1. The third-order valence-corrected chi connectivity index (χ3v) is 2.64. The molecule has 0 atom stereocenters. The van der Waals surface area contributed by atoms with E-state index in [1.807, 2.05) is 13.8 Å². The minimum absolute atomic E-state index is 0.0345. The summed E-state index contributed by atoms with van der Waals surface area (Å²) >= 11 is 0. The van der Waals surface area contributed by atoms with Crippen LogP contribution in [-0.4, -0.2) is 21.0 Å². The second kappa shape index (κ2) is 5.64. The van der Waals surface area contributed by atoms with E-state index in [0.29, 0.717) is 0 Å². The van der Waals surface area contributed by atoms with Crippen molar-refractivity contribution >= 4 is 5.97 Å². The molecular formula is C14H13FN2O3. The number of carboxylic acids is 1.